The van der Waals surface area contributed by atoms with Crippen molar-refractivity contribution in [2.45, 2.75) is 20.8 Å². The zero-order valence-corrected chi connectivity index (χ0v) is 18.5. The van der Waals surface area contributed by atoms with Crippen molar-refractivity contribution in [3.63, 3.8) is 0 Å². The number of hydrogen-bond acceptors (Lipinski definition) is 8. The van der Waals surface area contributed by atoms with E-state index in [1.54, 1.807) is 31.7 Å². The average molecular weight is 436 g/mol. The number of benzene rings is 1. The van der Waals surface area contributed by atoms with Gasteiger partial charge in [0, 0.05) is 22.9 Å². The molecule has 32 heavy (non-hydrogen) atoms. The summed E-state index contributed by atoms with van der Waals surface area (Å²) in [4.78, 5) is 16.8. The number of nitrogens with zero attached hydrogens (tertiary/aromatic N) is 5. The second kappa shape index (κ2) is 8.22. The van der Waals surface area contributed by atoms with Crippen LogP contribution in [0.1, 0.15) is 28.5 Å². The van der Waals surface area contributed by atoms with Gasteiger partial charge >= 0.3 is 5.97 Å². The zero-order chi connectivity index (χ0) is 23.0. The molecule has 4 aromatic rings. The Hall–Kier alpha value is -4.08. The second-order valence-corrected chi connectivity index (χ2v) is 7.11. The van der Waals surface area contributed by atoms with Crippen molar-refractivity contribution in [1.82, 2.24) is 24.4 Å². The van der Waals surface area contributed by atoms with Gasteiger partial charge in [-0.15, -0.1) is 0 Å². The van der Waals surface area contributed by atoms with Crippen LogP contribution in [-0.4, -0.2) is 51.2 Å². The minimum absolute atomic E-state index is 0.163. The summed E-state index contributed by atoms with van der Waals surface area (Å²) in [6.45, 7) is 5.80. The molecule has 0 spiro atoms. The third-order valence-corrected chi connectivity index (χ3v) is 5.10. The maximum atomic E-state index is 12.2. The summed E-state index contributed by atoms with van der Waals surface area (Å²) >= 11 is 0. The number of rotatable bonds is 6. The number of aryl methyl sites for hydroxylation is 2. The number of aromatic nitrogens is 5. The van der Waals surface area contributed by atoms with Gasteiger partial charge in [-0.1, -0.05) is 0 Å². The van der Waals surface area contributed by atoms with E-state index in [1.807, 2.05) is 32.0 Å². The minimum atomic E-state index is -0.527. The molecule has 0 atom stereocenters. The number of carbonyl (C=O) groups excluding carboxylic acids is 1. The van der Waals surface area contributed by atoms with Crippen molar-refractivity contribution in [2.24, 2.45) is 0 Å². The first-order valence-corrected chi connectivity index (χ1v) is 9.99. The second-order valence-electron chi connectivity index (χ2n) is 7.11. The quantitative estimate of drug-likeness (QED) is 0.458. The van der Waals surface area contributed by atoms with Crippen LogP contribution in [0.5, 0.6) is 11.5 Å². The average Bonchev–Trinajstić information content (AvgIpc) is 3.33. The number of esters is 1. The number of anilines is 1. The van der Waals surface area contributed by atoms with E-state index in [-0.39, 0.29) is 18.0 Å². The molecule has 10 heteroatoms. The lowest BCUT2D eigenvalue weighted by Gasteiger charge is -2.09. The number of fused-ring (bicyclic) bond motifs is 1. The maximum absolute atomic E-state index is 12.2. The first-order valence-electron chi connectivity index (χ1n) is 9.99. The minimum Gasteiger partial charge on any atom is -0.493 e. The van der Waals surface area contributed by atoms with E-state index in [9.17, 15) is 4.79 Å². The standard InChI is InChI=1S/C22H24N6O4/c1-6-32-22(29)15-11-24-27(20(15)23)18-9-12(2)25-21-13(3)19(26-28(18)21)14-7-8-16(30-4)17(10-14)31-5/h7-11H,6,23H2,1-5H3. The fourth-order valence-electron chi connectivity index (χ4n) is 3.54. The third-order valence-electron chi connectivity index (χ3n) is 5.10. The monoisotopic (exact) mass is 436 g/mol. The molecule has 166 valence electrons. The van der Waals surface area contributed by atoms with E-state index >= 15 is 0 Å². The Bertz CT molecular complexity index is 1320. The molecule has 0 unspecified atom stereocenters. The molecule has 1 aromatic carbocycles. The van der Waals surface area contributed by atoms with Gasteiger partial charge in [-0.2, -0.15) is 19.4 Å². The van der Waals surface area contributed by atoms with Crippen LogP contribution in [-0.2, 0) is 4.74 Å². The van der Waals surface area contributed by atoms with Crippen molar-refractivity contribution >= 4 is 17.4 Å². The molecule has 0 saturated heterocycles. The lowest BCUT2D eigenvalue weighted by atomic mass is 10.1. The molecule has 0 saturated carbocycles. The molecule has 2 N–H and O–H groups in total. The van der Waals surface area contributed by atoms with Crippen molar-refractivity contribution in [3.05, 3.63) is 47.3 Å². The number of carbonyl (C=O) groups is 1. The molecular formula is C22H24N6O4. The fourth-order valence-corrected chi connectivity index (χ4v) is 3.54. The van der Waals surface area contributed by atoms with Gasteiger partial charge in [0.25, 0.3) is 0 Å². The number of nitrogen functional groups attached to an aromatic ring is 1. The lowest BCUT2D eigenvalue weighted by Crippen LogP contribution is -2.12. The molecule has 4 rings (SSSR count). The molecule has 0 amide bonds. The highest BCUT2D eigenvalue weighted by molar-refractivity contribution is 5.94. The van der Waals surface area contributed by atoms with E-state index in [0.717, 1.165) is 22.5 Å². The summed E-state index contributed by atoms with van der Waals surface area (Å²) in [5.74, 6) is 1.41. The normalized spacial score (nSPS) is 11.0. The summed E-state index contributed by atoms with van der Waals surface area (Å²) in [6.07, 6.45) is 1.39. The molecule has 0 radical (unpaired) electrons. The maximum Gasteiger partial charge on any atom is 0.343 e. The van der Waals surface area contributed by atoms with Gasteiger partial charge in [0.1, 0.15) is 11.4 Å². The van der Waals surface area contributed by atoms with Crippen LogP contribution in [0.3, 0.4) is 0 Å². The van der Waals surface area contributed by atoms with E-state index in [4.69, 9.17) is 25.0 Å². The Morgan fingerprint density at radius 1 is 1.12 bits per heavy atom. The smallest absolute Gasteiger partial charge is 0.343 e. The number of nitrogens with two attached hydrogens (primary N) is 1. The van der Waals surface area contributed by atoms with Gasteiger partial charge in [0.15, 0.2) is 23.0 Å². The van der Waals surface area contributed by atoms with Gasteiger partial charge < -0.3 is 19.9 Å². The highest BCUT2D eigenvalue weighted by atomic mass is 16.5. The molecule has 0 fully saturated rings. The Morgan fingerprint density at radius 3 is 2.56 bits per heavy atom. The van der Waals surface area contributed by atoms with Crippen molar-refractivity contribution in [1.29, 1.82) is 0 Å². The summed E-state index contributed by atoms with van der Waals surface area (Å²) in [7, 11) is 3.18. The Labute approximate surface area is 184 Å². The van der Waals surface area contributed by atoms with Crippen LogP contribution in [0.2, 0.25) is 0 Å². The first kappa shape index (κ1) is 21.2. The first-order chi connectivity index (χ1) is 15.4. The predicted molar refractivity (Wildman–Crippen MR) is 118 cm³/mol. The van der Waals surface area contributed by atoms with Gasteiger partial charge in [-0.3, -0.25) is 0 Å². The van der Waals surface area contributed by atoms with Gasteiger partial charge in [0.05, 0.1) is 32.7 Å². The van der Waals surface area contributed by atoms with Crippen molar-refractivity contribution in [2.75, 3.05) is 26.6 Å². The predicted octanol–water partition coefficient (Wildman–Crippen LogP) is 2.97. The van der Waals surface area contributed by atoms with E-state index in [1.165, 1.54) is 10.9 Å². The van der Waals surface area contributed by atoms with E-state index < -0.39 is 5.97 Å². The van der Waals surface area contributed by atoms with Crippen LogP contribution in [0.15, 0.2) is 30.5 Å². The highest BCUT2D eigenvalue weighted by Crippen LogP contribution is 2.34. The van der Waals surface area contributed by atoms with Crippen LogP contribution >= 0.6 is 0 Å². The number of hydrogen-bond donors (Lipinski definition) is 1. The highest BCUT2D eigenvalue weighted by Gasteiger charge is 2.22. The van der Waals surface area contributed by atoms with E-state index in [0.29, 0.717) is 23.0 Å². The van der Waals surface area contributed by atoms with Crippen LogP contribution in [0.4, 0.5) is 5.82 Å². The topological polar surface area (TPSA) is 119 Å². The summed E-state index contributed by atoms with van der Waals surface area (Å²) in [5, 5.41) is 9.10. The van der Waals surface area contributed by atoms with Crippen molar-refractivity contribution in [3.8, 4) is 28.6 Å². The molecular weight excluding hydrogens is 412 g/mol. The summed E-state index contributed by atoms with van der Waals surface area (Å²) in [5.41, 5.74) is 10.3. The molecule has 0 aliphatic carbocycles. The van der Waals surface area contributed by atoms with Gasteiger partial charge in [-0.25, -0.2) is 9.78 Å². The molecule has 0 aliphatic rings. The Morgan fingerprint density at radius 2 is 1.88 bits per heavy atom. The van der Waals surface area contributed by atoms with Crippen LogP contribution in [0.25, 0.3) is 22.7 Å². The fraction of sp³-hybridized carbons (Fsp3) is 0.273. The largest absolute Gasteiger partial charge is 0.493 e. The zero-order valence-electron chi connectivity index (χ0n) is 18.5. The molecule has 0 aliphatic heterocycles. The molecule has 10 nitrogen and oxygen atoms in total. The van der Waals surface area contributed by atoms with Gasteiger partial charge in [-0.05, 0) is 39.0 Å². The third kappa shape index (κ3) is 3.39. The number of methoxy groups -OCH3 is 2. The molecule has 3 aromatic heterocycles. The van der Waals surface area contributed by atoms with E-state index in [2.05, 4.69) is 10.1 Å². The SMILES string of the molecule is CCOC(=O)c1cnn(-c2cc(C)nc3c(C)c(-c4ccc(OC)c(OC)c4)nn23)c1N. The molecule has 0 bridgehead atoms. The summed E-state index contributed by atoms with van der Waals surface area (Å²) in [6, 6.07) is 7.40. The molecule has 3 heterocycles. The number of ether oxygens (including phenoxy) is 3. The van der Waals surface area contributed by atoms with Crippen LogP contribution in [0, 0.1) is 13.8 Å². The Balaban J connectivity index is 1.90. The summed E-state index contributed by atoms with van der Waals surface area (Å²) < 4.78 is 18.9. The van der Waals surface area contributed by atoms with Crippen molar-refractivity contribution < 1.29 is 19.0 Å². The van der Waals surface area contributed by atoms with Gasteiger partial charge in [0.2, 0.25) is 0 Å². The lowest BCUT2D eigenvalue weighted by molar-refractivity contribution is 0.0527. The van der Waals surface area contributed by atoms with Crippen LogP contribution < -0.4 is 15.2 Å². The Kier molecular flexibility index (Phi) is 5.43.